The Bertz CT molecular complexity index is 1570. The van der Waals surface area contributed by atoms with Gasteiger partial charge in [0.15, 0.2) is 0 Å². The SMILES string of the molecule is C=CCn1c(=O)n(C)c(=O)n(CC(O)COc2ccc(S(=O)(=O)c3ccc(OCC(O)CC)cc3)cc2)c1=O. The zero-order valence-corrected chi connectivity index (χ0v) is 22.4. The van der Waals surface area contributed by atoms with Gasteiger partial charge in [-0.2, -0.15) is 0 Å². The molecule has 0 aliphatic heterocycles. The third kappa shape index (κ3) is 6.93. The highest BCUT2D eigenvalue weighted by atomic mass is 32.2. The molecule has 0 aliphatic rings. The van der Waals surface area contributed by atoms with Gasteiger partial charge in [-0.05, 0) is 55.0 Å². The van der Waals surface area contributed by atoms with Crippen LogP contribution in [0.5, 0.6) is 11.5 Å². The van der Waals surface area contributed by atoms with E-state index in [4.69, 9.17) is 9.47 Å². The Hall–Kier alpha value is -3.94. The standard InChI is InChI=1S/C26H31N3O9S/c1-4-14-28-24(32)27(3)25(33)29(26(28)34)15-19(31)17-38-21-8-12-23(13-9-21)39(35,36)22-10-6-20(7-11-22)37-16-18(30)5-2/h4,6-13,18-19,30-31H,1,5,14-17H2,2-3H3. The van der Waals surface area contributed by atoms with E-state index in [-0.39, 0.29) is 35.3 Å². The summed E-state index contributed by atoms with van der Waals surface area (Å²) in [6.45, 7) is 4.58. The van der Waals surface area contributed by atoms with Crippen LogP contribution in [0.2, 0.25) is 0 Å². The van der Waals surface area contributed by atoms with E-state index in [1.807, 2.05) is 6.92 Å². The van der Waals surface area contributed by atoms with Gasteiger partial charge in [-0.3, -0.25) is 0 Å². The first kappa shape index (κ1) is 29.6. The number of sulfone groups is 1. The maximum Gasteiger partial charge on any atom is 0.336 e. The first-order chi connectivity index (χ1) is 18.5. The van der Waals surface area contributed by atoms with Crippen LogP contribution in [0.1, 0.15) is 13.3 Å². The molecule has 3 rings (SSSR count). The summed E-state index contributed by atoms with van der Waals surface area (Å²) < 4.78 is 39.2. The number of aliphatic hydroxyl groups is 2. The fourth-order valence-corrected chi connectivity index (χ4v) is 4.79. The van der Waals surface area contributed by atoms with Crippen molar-refractivity contribution in [3.05, 3.63) is 92.6 Å². The van der Waals surface area contributed by atoms with E-state index in [2.05, 4.69) is 6.58 Å². The largest absolute Gasteiger partial charge is 0.491 e. The molecule has 0 saturated heterocycles. The van der Waals surface area contributed by atoms with Crippen LogP contribution in [0.4, 0.5) is 0 Å². The first-order valence-electron chi connectivity index (χ1n) is 12.1. The highest BCUT2D eigenvalue weighted by Crippen LogP contribution is 2.25. The van der Waals surface area contributed by atoms with Gasteiger partial charge in [0.2, 0.25) is 9.84 Å². The van der Waals surface area contributed by atoms with Crippen LogP contribution >= 0.6 is 0 Å². The Morgan fingerprint density at radius 2 is 1.28 bits per heavy atom. The van der Waals surface area contributed by atoms with Gasteiger partial charge in [0, 0.05) is 7.05 Å². The summed E-state index contributed by atoms with van der Waals surface area (Å²) in [7, 11) is -2.60. The minimum absolute atomic E-state index is 0.0185. The second-order valence-electron chi connectivity index (χ2n) is 8.70. The number of hydrogen-bond acceptors (Lipinski definition) is 9. The second kappa shape index (κ2) is 12.7. The third-order valence-electron chi connectivity index (χ3n) is 5.83. The molecule has 2 N–H and O–H groups in total. The minimum Gasteiger partial charge on any atom is -0.491 e. The van der Waals surface area contributed by atoms with Crippen molar-refractivity contribution < 1.29 is 28.1 Å². The van der Waals surface area contributed by atoms with E-state index in [0.717, 1.165) is 13.7 Å². The molecular weight excluding hydrogens is 530 g/mol. The summed E-state index contributed by atoms with van der Waals surface area (Å²) in [5, 5.41) is 20.0. The van der Waals surface area contributed by atoms with E-state index in [9.17, 15) is 33.0 Å². The lowest BCUT2D eigenvalue weighted by molar-refractivity contribution is 0.0889. The van der Waals surface area contributed by atoms with Crippen molar-refractivity contribution in [1.82, 2.24) is 13.7 Å². The number of aromatic nitrogens is 3. The molecule has 12 nitrogen and oxygen atoms in total. The summed E-state index contributed by atoms with van der Waals surface area (Å²) in [5.41, 5.74) is -2.55. The number of ether oxygens (including phenoxy) is 2. The number of hydrogen-bond donors (Lipinski definition) is 2. The minimum atomic E-state index is -3.83. The van der Waals surface area contributed by atoms with Crippen molar-refractivity contribution >= 4 is 9.84 Å². The number of nitrogens with zero attached hydrogens (tertiary/aromatic N) is 3. The van der Waals surface area contributed by atoms with Crippen molar-refractivity contribution in [3.8, 4) is 11.5 Å². The van der Waals surface area contributed by atoms with Crippen molar-refractivity contribution in [1.29, 1.82) is 0 Å². The van der Waals surface area contributed by atoms with E-state index in [1.165, 1.54) is 61.7 Å². The maximum absolute atomic E-state index is 13.0. The summed E-state index contributed by atoms with van der Waals surface area (Å²) in [6, 6.07) is 11.4. The lowest BCUT2D eigenvalue weighted by atomic mass is 10.3. The first-order valence-corrected chi connectivity index (χ1v) is 13.6. The van der Waals surface area contributed by atoms with Crippen molar-refractivity contribution in [2.24, 2.45) is 7.05 Å². The Balaban J connectivity index is 1.66. The molecule has 3 aromatic rings. The van der Waals surface area contributed by atoms with Crippen LogP contribution in [-0.4, -0.2) is 57.8 Å². The summed E-state index contributed by atoms with van der Waals surface area (Å²) in [5.74, 6) is 0.687. The molecule has 0 radical (unpaired) electrons. The van der Waals surface area contributed by atoms with Gasteiger partial charge in [-0.15, -0.1) is 6.58 Å². The highest BCUT2D eigenvalue weighted by molar-refractivity contribution is 7.91. The van der Waals surface area contributed by atoms with Crippen LogP contribution in [0.3, 0.4) is 0 Å². The molecule has 0 fully saturated rings. The van der Waals surface area contributed by atoms with Crippen LogP contribution in [0, 0.1) is 0 Å². The van der Waals surface area contributed by atoms with E-state index >= 15 is 0 Å². The molecule has 39 heavy (non-hydrogen) atoms. The summed E-state index contributed by atoms with van der Waals surface area (Å²) >= 11 is 0. The molecule has 0 aliphatic carbocycles. The third-order valence-corrected chi connectivity index (χ3v) is 7.61. The molecule has 2 unspecified atom stereocenters. The molecule has 0 saturated carbocycles. The monoisotopic (exact) mass is 561 g/mol. The number of allylic oxidation sites excluding steroid dienone is 1. The lowest BCUT2D eigenvalue weighted by Crippen LogP contribution is -2.54. The van der Waals surface area contributed by atoms with Crippen molar-refractivity contribution in [2.45, 2.75) is 48.4 Å². The zero-order valence-electron chi connectivity index (χ0n) is 21.6. The predicted molar refractivity (Wildman–Crippen MR) is 142 cm³/mol. The van der Waals surface area contributed by atoms with E-state index in [1.54, 1.807) is 0 Å². The predicted octanol–water partition coefficient (Wildman–Crippen LogP) is 0.317. The molecule has 1 heterocycles. The molecular formula is C26H31N3O9S. The number of aliphatic hydroxyl groups excluding tert-OH is 2. The van der Waals surface area contributed by atoms with E-state index in [0.29, 0.717) is 12.2 Å². The van der Waals surface area contributed by atoms with Crippen LogP contribution in [-0.2, 0) is 30.0 Å². The van der Waals surface area contributed by atoms with E-state index < -0.39 is 45.7 Å². The Kier molecular flexibility index (Phi) is 9.67. The highest BCUT2D eigenvalue weighted by Gasteiger charge is 2.19. The Morgan fingerprint density at radius 1 is 0.821 bits per heavy atom. The summed E-state index contributed by atoms with van der Waals surface area (Å²) in [6.07, 6.45) is -0.0133. The average Bonchev–Trinajstić information content (AvgIpc) is 2.94. The van der Waals surface area contributed by atoms with Gasteiger partial charge in [-0.1, -0.05) is 13.0 Å². The Labute approximate surface area is 224 Å². The van der Waals surface area contributed by atoms with Crippen molar-refractivity contribution in [3.63, 3.8) is 0 Å². The van der Waals surface area contributed by atoms with Gasteiger partial charge in [-0.25, -0.2) is 36.5 Å². The molecule has 0 bridgehead atoms. The maximum atomic E-state index is 13.0. The van der Waals surface area contributed by atoms with Crippen LogP contribution in [0.25, 0.3) is 0 Å². The molecule has 210 valence electrons. The quantitative estimate of drug-likeness (QED) is 0.280. The van der Waals surface area contributed by atoms with Gasteiger partial charge in [0.1, 0.15) is 30.8 Å². The fourth-order valence-electron chi connectivity index (χ4n) is 3.53. The molecule has 1 aromatic heterocycles. The molecule has 2 aromatic carbocycles. The second-order valence-corrected chi connectivity index (χ2v) is 10.7. The van der Waals surface area contributed by atoms with Gasteiger partial charge >= 0.3 is 17.1 Å². The topological polar surface area (TPSA) is 159 Å². The summed E-state index contributed by atoms with van der Waals surface area (Å²) in [4.78, 5) is 37.1. The van der Waals surface area contributed by atoms with Gasteiger partial charge in [0.25, 0.3) is 0 Å². The average molecular weight is 562 g/mol. The smallest absolute Gasteiger partial charge is 0.336 e. The molecule has 0 spiro atoms. The van der Waals surface area contributed by atoms with Crippen LogP contribution < -0.4 is 26.5 Å². The zero-order chi connectivity index (χ0) is 28.7. The normalized spacial score (nSPS) is 13.0. The lowest BCUT2D eigenvalue weighted by Gasteiger charge is -2.15. The van der Waals surface area contributed by atoms with Gasteiger partial charge < -0.3 is 19.7 Å². The number of rotatable bonds is 13. The molecule has 2 atom stereocenters. The molecule has 13 heteroatoms. The fraction of sp³-hybridized carbons (Fsp3) is 0.346. The van der Waals surface area contributed by atoms with Crippen molar-refractivity contribution in [2.75, 3.05) is 13.2 Å². The van der Waals surface area contributed by atoms with Crippen LogP contribution in [0.15, 0.2) is 85.4 Å². The molecule has 0 amide bonds. The number of benzene rings is 2. The Morgan fingerprint density at radius 3 is 1.74 bits per heavy atom. The van der Waals surface area contributed by atoms with Gasteiger partial charge in [0.05, 0.1) is 29.0 Å².